The summed E-state index contributed by atoms with van der Waals surface area (Å²) in [5.41, 5.74) is 0.703. The molecule has 0 bridgehead atoms. The van der Waals surface area contributed by atoms with Crippen LogP contribution in [0.3, 0.4) is 0 Å². The first-order valence-corrected chi connectivity index (χ1v) is 7.56. The molecule has 1 aromatic carbocycles. The SMILES string of the molecule is COc1ccc(C(=O)N2CC(n3ccnc3C(C)C)C2)cc1. The van der Waals surface area contributed by atoms with Gasteiger partial charge in [-0.2, -0.15) is 0 Å². The zero-order valence-electron chi connectivity index (χ0n) is 13.2. The molecule has 22 heavy (non-hydrogen) atoms. The van der Waals surface area contributed by atoms with E-state index in [1.807, 2.05) is 41.6 Å². The zero-order chi connectivity index (χ0) is 15.7. The largest absolute Gasteiger partial charge is 0.497 e. The van der Waals surface area contributed by atoms with E-state index in [9.17, 15) is 4.79 Å². The molecule has 1 aliphatic heterocycles. The molecule has 1 amide bonds. The highest BCUT2D eigenvalue weighted by molar-refractivity contribution is 5.94. The number of benzene rings is 1. The van der Waals surface area contributed by atoms with Gasteiger partial charge in [0.15, 0.2) is 0 Å². The minimum atomic E-state index is 0.0742. The van der Waals surface area contributed by atoms with Crippen LogP contribution < -0.4 is 4.74 Å². The van der Waals surface area contributed by atoms with Gasteiger partial charge in [0.05, 0.1) is 13.2 Å². The third-order valence-corrected chi connectivity index (χ3v) is 4.09. The summed E-state index contributed by atoms with van der Waals surface area (Å²) in [4.78, 5) is 18.7. The van der Waals surface area contributed by atoms with Crippen molar-refractivity contribution in [3.63, 3.8) is 0 Å². The van der Waals surface area contributed by atoms with E-state index in [0.717, 1.165) is 24.7 Å². The van der Waals surface area contributed by atoms with Gasteiger partial charge in [0, 0.05) is 37.0 Å². The summed E-state index contributed by atoms with van der Waals surface area (Å²) in [7, 11) is 1.62. The summed E-state index contributed by atoms with van der Waals surface area (Å²) >= 11 is 0. The summed E-state index contributed by atoms with van der Waals surface area (Å²) in [5.74, 6) is 2.31. The number of likely N-dealkylation sites (tertiary alicyclic amines) is 1. The minimum absolute atomic E-state index is 0.0742. The molecule has 1 aromatic heterocycles. The van der Waals surface area contributed by atoms with Crippen molar-refractivity contribution < 1.29 is 9.53 Å². The molecule has 2 aromatic rings. The molecule has 0 spiro atoms. The Balaban J connectivity index is 1.65. The lowest BCUT2D eigenvalue weighted by Gasteiger charge is -2.40. The van der Waals surface area contributed by atoms with Crippen LogP contribution in [-0.4, -0.2) is 40.6 Å². The van der Waals surface area contributed by atoms with Gasteiger partial charge in [0.25, 0.3) is 5.91 Å². The Morgan fingerprint density at radius 2 is 1.95 bits per heavy atom. The minimum Gasteiger partial charge on any atom is -0.497 e. The lowest BCUT2D eigenvalue weighted by molar-refractivity contribution is 0.0515. The number of ether oxygens (including phenoxy) is 1. The van der Waals surface area contributed by atoms with E-state index in [1.54, 1.807) is 7.11 Å². The standard InChI is InChI=1S/C17H21N3O2/c1-12(2)16-18-8-9-20(16)14-10-19(11-14)17(21)13-4-6-15(22-3)7-5-13/h4-9,12,14H,10-11H2,1-3H3. The topological polar surface area (TPSA) is 47.4 Å². The molecule has 0 radical (unpaired) electrons. The van der Waals surface area contributed by atoms with Gasteiger partial charge in [-0.1, -0.05) is 13.8 Å². The quantitative estimate of drug-likeness (QED) is 0.872. The van der Waals surface area contributed by atoms with Gasteiger partial charge in [-0.3, -0.25) is 4.79 Å². The van der Waals surface area contributed by atoms with Crippen molar-refractivity contribution in [1.82, 2.24) is 14.5 Å². The number of imidazole rings is 1. The summed E-state index contributed by atoms with van der Waals surface area (Å²) in [6.07, 6.45) is 3.85. The van der Waals surface area contributed by atoms with Crippen molar-refractivity contribution in [2.24, 2.45) is 0 Å². The monoisotopic (exact) mass is 299 g/mol. The van der Waals surface area contributed by atoms with Crippen LogP contribution in [0.4, 0.5) is 0 Å². The summed E-state index contributed by atoms with van der Waals surface area (Å²) in [5, 5.41) is 0. The second-order valence-corrected chi connectivity index (χ2v) is 5.94. The molecule has 5 nitrogen and oxygen atoms in total. The van der Waals surface area contributed by atoms with Gasteiger partial charge in [-0.25, -0.2) is 4.98 Å². The highest BCUT2D eigenvalue weighted by Gasteiger charge is 2.33. The van der Waals surface area contributed by atoms with Crippen molar-refractivity contribution in [2.75, 3.05) is 20.2 Å². The predicted octanol–water partition coefficient (Wildman–Crippen LogP) is 2.71. The number of hydrogen-bond acceptors (Lipinski definition) is 3. The highest BCUT2D eigenvalue weighted by Crippen LogP contribution is 2.27. The van der Waals surface area contributed by atoms with Crippen LogP contribution in [0.1, 0.15) is 42.0 Å². The van der Waals surface area contributed by atoms with Crippen LogP contribution in [0.5, 0.6) is 5.75 Å². The molecule has 0 unspecified atom stereocenters. The second kappa shape index (κ2) is 5.83. The van der Waals surface area contributed by atoms with Crippen molar-refractivity contribution in [3.05, 3.63) is 48.0 Å². The fourth-order valence-corrected chi connectivity index (χ4v) is 2.79. The molecular weight excluding hydrogens is 278 g/mol. The number of carbonyl (C=O) groups is 1. The van der Waals surface area contributed by atoms with Crippen LogP contribution in [-0.2, 0) is 0 Å². The Kier molecular flexibility index (Phi) is 3.88. The van der Waals surface area contributed by atoms with Crippen LogP contribution in [0.25, 0.3) is 0 Å². The predicted molar refractivity (Wildman–Crippen MR) is 84.3 cm³/mol. The second-order valence-electron chi connectivity index (χ2n) is 5.94. The van der Waals surface area contributed by atoms with Gasteiger partial charge >= 0.3 is 0 Å². The average molecular weight is 299 g/mol. The van der Waals surface area contributed by atoms with Crippen molar-refractivity contribution in [2.45, 2.75) is 25.8 Å². The highest BCUT2D eigenvalue weighted by atomic mass is 16.5. The fourth-order valence-electron chi connectivity index (χ4n) is 2.79. The van der Waals surface area contributed by atoms with Gasteiger partial charge in [-0.05, 0) is 24.3 Å². The van der Waals surface area contributed by atoms with Crippen molar-refractivity contribution >= 4 is 5.91 Å². The van der Waals surface area contributed by atoms with E-state index in [0.29, 0.717) is 17.5 Å². The number of nitrogens with zero attached hydrogens (tertiary/aromatic N) is 3. The van der Waals surface area contributed by atoms with Crippen molar-refractivity contribution in [3.8, 4) is 5.75 Å². The van der Waals surface area contributed by atoms with Gasteiger partial charge in [0.2, 0.25) is 0 Å². The Hall–Kier alpha value is -2.30. The number of carbonyl (C=O) groups excluding carboxylic acids is 1. The van der Waals surface area contributed by atoms with Crippen LogP contribution in [0, 0.1) is 0 Å². The maximum absolute atomic E-state index is 12.4. The van der Waals surface area contributed by atoms with E-state index in [1.165, 1.54) is 0 Å². The normalized spacial score (nSPS) is 15.0. The van der Waals surface area contributed by atoms with E-state index >= 15 is 0 Å². The van der Waals surface area contributed by atoms with Crippen molar-refractivity contribution in [1.29, 1.82) is 0 Å². The Bertz CT molecular complexity index is 655. The number of rotatable bonds is 4. The molecule has 1 saturated heterocycles. The third-order valence-electron chi connectivity index (χ3n) is 4.09. The zero-order valence-corrected chi connectivity index (χ0v) is 13.2. The smallest absolute Gasteiger partial charge is 0.254 e. The lowest BCUT2D eigenvalue weighted by atomic mass is 10.1. The Morgan fingerprint density at radius 1 is 1.27 bits per heavy atom. The third kappa shape index (κ3) is 2.58. The molecule has 5 heteroatoms. The van der Waals surface area contributed by atoms with Crippen LogP contribution in [0.15, 0.2) is 36.7 Å². The average Bonchev–Trinajstić information content (AvgIpc) is 2.95. The molecule has 0 saturated carbocycles. The lowest BCUT2D eigenvalue weighted by Crippen LogP contribution is -2.51. The Labute approximate surface area is 130 Å². The molecule has 0 N–H and O–H groups in total. The fraction of sp³-hybridized carbons (Fsp3) is 0.412. The maximum Gasteiger partial charge on any atom is 0.254 e. The van der Waals surface area contributed by atoms with E-state index in [-0.39, 0.29) is 5.91 Å². The first-order chi connectivity index (χ1) is 10.6. The Morgan fingerprint density at radius 3 is 2.55 bits per heavy atom. The molecular formula is C17H21N3O2. The molecule has 1 fully saturated rings. The molecule has 116 valence electrons. The first-order valence-electron chi connectivity index (χ1n) is 7.56. The number of hydrogen-bond donors (Lipinski definition) is 0. The molecule has 1 aliphatic rings. The maximum atomic E-state index is 12.4. The number of amides is 1. The summed E-state index contributed by atoms with van der Waals surface area (Å²) in [6, 6.07) is 7.59. The number of aromatic nitrogens is 2. The van der Waals surface area contributed by atoms with E-state index < -0.39 is 0 Å². The van der Waals surface area contributed by atoms with Gasteiger partial charge in [-0.15, -0.1) is 0 Å². The molecule has 3 rings (SSSR count). The molecule has 2 heterocycles. The first kappa shape index (κ1) is 14.6. The number of methoxy groups -OCH3 is 1. The van der Waals surface area contributed by atoms with E-state index in [4.69, 9.17) is 4.74 Å². The van der Waals surface area contributed by atoms with Crippen LogP contribution in [0.2, 0.25) is 0 Å². The summed E-state index contributed by atoms with van der Waals surface area (Å²) in [6.45, 7) is 5.75. The van der Waals surface area contributed by atoms with E-state index in [2.05, 4.69) is 23.4 Å². The summed E-state index contributed by atoms with van der Waals surface area (Å²) < 4.78 is 7.31. The molecule has 0 aliphatic carbocycles. The van der Waals surface area contributed by atoms with Crippen LogP contribution >= 0.6 is 0 Å². The van der Waals surface area contributed by atoms with Gasteiger partial charge < -0.3 is 14.2 Å². The van der Waals surface area contributed by atoms with Gasteiger partial charge in [0.1, 0.15) is 11.6 Å². The molecule has 0 atom stereocenters.